The number of hydrogen-bond acceptors (Lipinski definition) is 5. The smallest absolute Gasteiger partial charge is 0.573 e. The van der Waals surface area contributed by atoms with Crippen LogP contribution in [0, 0.1) is 0 Å². The van der Waals surface area contributed by atoms with E-state index in [4.69, 9.17) is 15.2 Å². The molecule has 9 rings (SSSR count). The third-order valence-corrected chi connectivity index (χ3v) is 14.9. The Morgan fingerprint density at radius 2 is 0.567 bits per heavy atom. The van der Waals surface area contributed by atoms with Crippen molar-refractivity contribution in [1.82, 2.24) is 25.4 Å². The van der Waals surface area contributed by atoms with Crippen molar-refractivity contribution in [2.75, 3.05) is 14.2 Å². The number of rotatable bonds is 8. The van der Waals surface area contributed by atoms with Crippen LogP contribution >= 0.6 is 15.8 Å². The third-order valence-electron chi connectivity index (χ3n) is 9.97. The zero-order chi connectivity index (χ0) is 47.4. The summed E-state index contributed by atoms with van der Waals surface area (Å²) in [5, 5.41) is 39.5. The van der Waals surface area contributed by atoms with Crippen molar-refractivity contribution in [3.05, 3.63) is 224 Å². The van der Waals surface area contributed by atoms with Crippen LogP contribution in [0.2, 0.25) is 0 Å². The summed E-state index contributed by atoms with van der Waals surface area (Å²) in [6.07, 6.45) is 0. The van der Waals surface area contributed by atoms with Gasteiger partial charge in [0.15, 0.2) is 0 Å². The Balaban J connectivity index is 0.000000211. The summed E-state index contributed by atoms with van der Waals surface area (Å²) < 4.78 is 0. The summed E-state index contributed by atoms with van der Waals surface area (Å²) in [5.74, 6) is 0. The van der Waals surface area contributed by atoms with Crippen LogP contribution < -0.4 is 42.0 Å². The Morgan fingerprint density at radius 3 is 0.761 bits per heavy atom. The van der Waals surface area contributed by atoms with Crippen molar-refractivity contribution in [3.8, 4) is 22.8 Å². The van der Waals surface area contributed by atoms with Crippen LogP contribution in [-0.4, -0.2) is 39.6 Å². The monoisotopic (exact) mass is 1010 g/mol. The molecule has 7 nitrogen and oxygen atoms in total. The van der Waals surface area contributed by atoms with E-state index in [1.165, 1.54) is 31.8 Å². The molecule has 0 unspecified atom stereocenters. The van der Waals surface area contributed by atoms with E-state index >= 15 is 0 Å². The van der Waals surface area contributed by atoms with Gasteiger partial charge in [0.25, 0.3) is 0 Å². The van der Waals surface area contributed by atoms with Gasteiger partial charge in [-0.25, -0.2) is 0 Å². The predicted octanol–water partition coefficient (Wildman–Crippen LogP) is 9.82. The normalized spacial score (nSPS) is 10.7. The first kappa shape index (κ1) is 53.9. The van der Waals surface area contributed by atoms with Crippen molar-refractivity contribution in [3.63, 3.8) is 0 Å². The Bertz CT molecular complexity index is 2340. The minimum Gasteiger partial charge on any atom is -0.573 e. The number of aromatic nitrogens is 5. The molecule has 0 atom stereocenters. The Labute approximate surface area is 413 Å². The molecular weight excluding hydrogens is 950 g/mol. The molecule has 0 amide bonds. The summed E-state index contributed by atoms with van der Waals surface area (Å²) in [5.41, 5.74) is 5.06. The Kier molecular flexibility index (Phi) is 21.9. The van der Waals surface area contributed by atoms with E-state index < -0.39 is 15.8 Å². The average Bonchev–Trinajstić information content (AvgIpc) is 4.09. The number of benzene rings is 6. The van der Waals surface area contributed by atoms with E-state index in [0.29, 0.717) is 0 Å². The fraction of sp³-hybridized carbons (Fsp3) is 0.175. The molecule has 0 saturated heterocycles. The molecule has 0 aliphatic rings. The molecule has 0 saturated carbocycles. The summed E-state index contributed by atoms with van der Waals surface area (Å²) in [7, 11) is 1.11. The maximum absolute atomic E-state index is 7.00. The molecule has 67 heavy (non-hydrogen) atoms. The summed E-state index contributed by atoms with van der Waals surface area (Å²) in [6, 6.07) is 74.5. The number of nitrogens with zero attached hydrogens (tertiary/aromatic N) is 5. The first-order valence-electron chi connectivity index (χ1n) is 21.8. The zero-order valence-corrected chi connectivity index (χ0v) is 43.1. The van der Waals surface area contributed by atoms with E-state index in [0.717, 1.165) is 48.4 Å². The SMILES string of the molecule is CC(C)(C)c1cc(-c2cccc(-c3cc(C(C)(C)C)n[n-]3)n2)[n-]n1.CO.CO.[Ru+2].c1ccc(P(c2ccccc2)c2ccccc2)cc1.c1ccc(P(c2ccccc2)c2ccccc2)cc1. The molecule has 0 fully saturated rings. The van der Waals surface area contributed by atoms with Gasteiger partial charge in [0, 0.05) is 36.4 Å². The molecule has 3 aromatic heterocycles. The molecule has 2 N–H and O–H groups in total. The van der Waals surface area contributed by atoms with Gasteiger partial charge >= 0.3 is 19.5 Å². The van der Waals surface area contributed by atoms with Gasteiger partial charge < -0.3 is 30.6 Å². The van der Waals surface area contributed by atoms with Gasteiger partial charge in [0.1, 0.15) is 0 Å². The predicted molar refractivity (Wildman–Crippen MR) is 281 cm³/mol. The summed E-state index contributed by atoms with van der Waals surface area (Å²) in [4.78, 5) is 4.70. The van der Waals surface area contributed by atoms with Gasteiger partial charge in [0.2, 0.25) is 0 Å². The van der Waals surface area contributed by atoms with Gasteiger partial charge in [-0.3, -0.25) is 4.98 Å². The quantitative estimate of drug-likeness (QED) is 0.115. The van der Waals surface area contributed by atoms with Gasteiger partial charge in [-0.05, 0) is 59.8 Å². The second-order valence-electron chi connectivity index (χ2n) is 16.8. The fourth-order valence-electron chi connectivity index (χ4n) is 6.65. The molecule has 10 heteroatoms. The van der Waals surface area contributed by atoms with Crippen molar-refractivity contribution in [2.24, 2.45) is 0 Å². The fourth-order valence-corrected chi connectivity index (χ4v) is 11.3. The number of aliphatic hydroxyl groups is 2. The topological polar surface area (TPSA) is 107 Å². The zero-order valence-electron chi connectivity index (χ0n) is 39.6. The van der Waals surface area contributed by atoms with E-state index in [-0.39, 0.29) is 30.3 Å². The molecule has 3 heterocycles. The second-order valence-corrected chi connectivity index (χ2v) is 21.3. The molecule has 0 bridgehead atoms. The minimum absolute atomic E-state index is 0. The molecule has 9 aromatic rings. The van der Waals surface area contributed by atoms with Crippen LogP contribution in [-0.2, 0) is 30.3 Å². The molecule has 0 radical (unpaired) electrons. The van der Waals surface area contributed by atoms with Crippen LogP contribution in [0.1, 0.15) is 52.9 Å². The molecule has 344 valence electrons. The summed E-state index contributed by atoms with van der Waals surface area (Å²) >= 11 is 0. The first-order chi connectivity index (χ1) is 32.0. The molecular formula is C57H61N5O2P2Ru. The van der Waals surface area contributed by atoms with Crippen LogP contribution in [0.4, 0.5) is 0 Å². The van der Waals surface area contributed by atoms with Crippen molar-refractivity contribution in [2.45, 2.75) is 52.4 Å². The van der Waals surface area contributed by atoms with Crippen molar-refractivity contribution < 1.29 is 29.7 Å². The van der Waals surface area contributed by atoms with Crippen molar-refractivity contribution >= 4 is 47.7 Å². The van der Waals surface area contributed by atoms with Crippen LogP contribution in [0.15, 0.2) is 212 Å². The molecule has 0 aliphatic carbocycles. The molecule has 6 aromatic carbocycles. The Hall–Kier alpha value is -5.71. The molecule has 0 aliphatic heterocycles. The standard InChI is InChI=1S/C19H23N5.2C18H15P.2CH4O.Ru/c1-18(2,3)16-10-14(21-23-16)12-8-7-9-13(20-12)15-11-17(24-22-15)19(4,5)6;2*1-4-10-16(11-5-1)19(17-12-6-2-7-13-17)18-14-8-3-9-15-18;2*1-2;/h7-11H,1-6H3;2*1-15H;2*2H,1H3;/q-2;;;;;+2. The number of pyridine rings is 1. The van der Waals surface area contributed by atoms with Crippen LogP contribution in [0.3, 0.4) is 0 Å². The van der Waals surface area contributed by atoms with Crippen LogP contribution in [0.25, 0.3) is 22.8 Å². The largest absolute Gasteiger partial charge is 2.00 e. The van der Waals surface area contributed by atoms with Gasteiger partial charge in [-0.15, -0.1) is 0 Å². The maximum Gasteiger partial charge on any atom is 2.00 e. The Morgan fingerprint density at radius 1 is 0.343 bits per heavy atom. The van der Waals surface area contributed by atoms with E-state index in [1.807, 2.05) is 30.3 Å². The van der Waals surface area contributed by atoms with Gasteiger partial charge in [0.05, 0.1) is 11.4 Å². The second kappa shape index (κ2) is 27.2. The maximum atomic E-state index is 7.00. The summed E-state index contributed by atoms with van der Waals surface area (Å²) in [6.45, 7) is 12.7. The van der Waals surface area contributed by atoms with Gasteiger partial charge in [-0.1, -0.05) is 253 Å². The average molecular weight is 1010 g/mol. The van der Waals surface area contributed by atoms with E-state index in [9.17, 15) is 0 Å². The first-order valence-corrected chi connectivity index (χ1v) is 24.5. The third kappa shape index (κ3) is 15.7. The minimum atomic E-state index is -0.446. The number of aliphatic hydroxyl groups excluding tert-OH is 2. The van der Waals surface area contributed by atoms with Gasteiger partial charge in [-0.2, -0.15) is 0 Å². The van der Waals surface area contributed by atoms with E-state index in [2.05, 4.69) is 244 Å². The van der Waals surface area contributed by atoms with Crippen LogP contribution in [0.5, 0.6) is 0 Å². The van der Waals surface area contributed by atoms with E-state index in [1.54, 1.807) is 0 Å². The van der Waals surface area contributed by atoms with Crippen molar-refractivity contribution in [1.29, 1.82) is 0 Å². The number of hydrogen-bond donors (Lipinski definition) is 2. The molecule has 0 spiro atoms.